The van der Waals surface area contributed by atoms with E-state index < -0.39 is 11.2 Å². The maximum Gasteiger partial charge on any atom is 0.153 e. The summed E-state index contributed by atoms with van der Waals surface area (Å²) < 4.78 is 11.8. The van der Waals surface area contributed by atoms with Gasteiger partial charge >= 0.3 is 0 Å². The fraction of sp³-hybridized carbons (Fsp3) is 0.214. The quantitative estimate of drug-likeness (QED) is 0.801. The second-order valence-corrected chi connectivity index (χ2v) is 6.09. The van der Waals surface area contributed by atoms with Crippen LogP contribution < -0.4 is 0 Å². The molecule has 2 nitrogen and oxygen atoms in total. The summed E-state index contributed by atoms with van der Waals surface area (Å²) in [7, 11) is 0. The van der Waals surface area contributed by atoms with Crippen molar-refractivity contribution in [2.45, 2.75) is 18.7 Å². The van der Waals surface area contributed by atoms with Crippen LogP contribution in [0.1, 0.15) is 12.6 Å². The lowest BCUT2D eigenvalue weighted by Gasteiger charge is -2.10. The van der Waals surface area contributed by atoms with Crippen molar-refractivity contribution >= 4 is 22.8 Å². The number of hydrogen-bond acceptors (Lipinski definition) is 2. The lowest BCUT2D eigenvalue weighted by Crippen LogP contribution is -2.04. The summed E-state index contributed by atoms with van der Waals surface area (Å²) in [6.45, 7) is 3.83. The number of nitrogens with zero attached hydrogens (tertiary/aromatic N) is 1. The first-order chi connectivity index (χ1) is 8.61. The Labute approximate surface area is 115 Å². The van der Waals surface area contributed by atoms with E-state index >= 15 is 0 Å². The molecule has 0 saturated carbocycles. The molecule has 2 aromatic rings. The average molecular weight is 280 g/mol. The van der Waals surface area contributed by atoms with E-state index in [-0.39, 0.29) is 0 Å². The fourth-order valence-corrected chi connectivity index (χ4v) is 2.72. The zero-order valence-electron chi connectivity index (χ0n) is 10.3. The Morgan fingerprint density at radius 2 is 2.06 bits per heavy atom. The molecule has 0 spiro atoms. The van der Waals surface area contributed by atoms with Crippen molar-refractivity contribution in [3.8, 4) is 11.3 Å². The SMILES string of the molecule is CC[S+]([O-])c1ccc(Cl)c(-c2cccc(C)n2)c1. The maximum absolute atomic E-state index is 11.8. The summed E-state index contributed by atoms with van der Waals surface area (Å²) in [6.07, 6.45) is 0. The van der Waals surface area contributed by atoms with Crippen molar-refractivity contribution in [3.63, 3.8) is 0 Å². The highest BCUT2D eigenvalue weighted by Crippen LogP contribution is 2.29. The van der Waals surface area contributed by atoms with Crippen LogP contribution in [0.15, 0.2) is 41.3 Å². The summed E-state index contributed by atoms with van der Waals surface area (Å²) in [6, 6.07) is 11.2. The molecule has 0 aliphatic carbocycles. The summed E-state index contributed by atoms with van der Waals surface area (Å²) >= 11 is 5.22. The lowest BCUT2D eigenvalue weighted by atomic mass is 10.1. The third-order valence-corrected chi connectivity index (χ3v) is 4.26. The Kier molecular flexibility index (Phi) is 4.27. The van der Waals surface area contributed by atoms with Crippen molar-refractivity contribution in [2.24, 2.45) is 0 Å². The number of hydrogen-bond donors (Lipinski definition) is 0. The van der Waals surface area contributed by atoms with Crippen LogP contribution in [0, 0.1) is 6.92 Å². The molecule has 0 saturated heterocycles. The highest BCUT2D eigenvalue weighted by molar-refractivity contribution is 7.91. The first-order valence-corrected chi connectivity index (χ1v) is 7.43. The van der Waals surface area contributed by atoms with Gasteiger partial charge in [0.2, 0.25) is 0 Å². The summed E-state index contributed by atoms with van der Waals surface area (Å²) in [4.78, 5) is 5.24. The third-order valence-electron chi connectivity index (χ3n) is 2.63. The molecule has 1 aromatic heterocycles. The Morgan fingerprint density at radius 1 is 1.28 bits per heavy atom. The van der Waals surface area contributed by atoms with Gasteiger partial charge in [0.15, 0.2) is 4.90 Å². The van der Waals surface area contributed by atoms with E-state index in [4.69, 9.17) is 11.6 Å². The van der Waals surface area contributed by atoms with Gasteiger partial charge in [0, 0.05) is 17.3 Å². The smallest absolute Gasteiger partial charge is 0.153 e. The molecule has 1 unspecified atom stereocenters. The van der Waals surface area contributed by atoms with Gasteiger partial charge in [-0.3, -0.25) is 4.98 Å². The summed E-state index contributed by atoms with van der Waals surface area (Å²) in [5, 5.41) is 0.630. The number of benzene rings is 1. The third kappa shape index (κ3) is 2.86. The standard InChI is InChI=1S/C14H14ClNOS/c1-3-18(17)11-7-8-13(15)12(9-11)14-6-4-5-10(2)16-14/h4-9H,3H2,1-2H3. The van der Waals surface area contributed by atoms with Gasteiger partial charge in [0.05, 0.1) is 10.7 Å². The van der Waals surface area contributed by atoms with Crippen molar-refractivity contribution in [1.29, 1.82) is 0 Å². The minimum absolute atomic E-state index is 0.600. The van der Waals surface area contributed by atoms with Gasteiger partial charge in [-0.15, -0.1) is 0 Å². The van der Waals surface area contributed by atoms with Crippen molar-refractivity contribution < 1.29 is 4.55 Å². The molecule has 0 fully saturated rings. The van der Waals surface area contributed by atoms with Crippen LogP contribution in [0.25, 0.3) is 11.3 Å². The van der Waals surface area contributed by atoms with Crippen LogP contribution >= 0.6 is 11.6 Å². The molecule has 94 valence electrons. The van der Waals surface area contributed by atoms with Crippen molar-refractivity contribution in [3.05, 3.63) is 47.1 Å². The Hall–Kier alpha value is -1.03. The van der Waals surface area contributed by atoms with Crippen LogP contribution in [0.3, 0.4) is 0 Å². The van der Waals surface area contributed by atoms with Crippen molar-refractivity contribution in [1.82, 2.24) is 4.98 Å². The molecule has 1 heterocycles. The molecule has 0 aliphatic rings. The molecule has 0 bridgehead atoms. The molecular weight excluding hydrogens is 266 g/mol. The van der Waals surface area contributed by atoms with E-state index in [1.165, 1.54) is 0 Å². The zero-order valence-corrected chi connectivity index (χ0v) is 11.9. The fourth-order valence-electron chi connectivity index (χ4n) is 1.70. The van der Waals surface area contributed by atoms with E-state index in [0.717, 1.165) is 21.8 Å². The minimum atomic E-state index is -0.974. The van der Waals surface area contributed by atoms with Crippen LogP contribution in [-0.4, -0.2) is 15.3 Å². The highest BCUT2D eigenvalue weighted by atomic mass is 35.5. The molecule has 1 atom stereocenters. The van der Waals surface area contributed by atoms with Gasteiger partial charge in [-0.05, 0) is 49.3 Å². The monoisotopic (exact) mass is 279 g/mol. The molecule has 1 aromatic carbocycles. The first-order valence-electron chi connectivity index (χ1n) is 5.73. The predicted octanol–water partition coefficient (Wildman–Crippen LogP) is 3.84. The second-order valence-electron chi connectivity index (χ2n) is 3.94. The van der Waals surface area contributed by atoms with E-state index in [1.54, 1.807) is 12.1 Å². The van der Waals surface area contributed by atoms with Gasteiger partial charge in [-0.25, -0.2) is 0 Å². The van der Waals surface area contributed by atoms with Crippen molar-refractivity contribution in [2.75, 3.05) is 5.75 Å². The van der Waals surface area contributed by atoms with Gasteiger partial charge in [-0.1, -0.05) is 17.7 Å². The minimum Gasteiger partial charge on any atom is -0.611 e. The van der Waals surface area contributed by atoms with Crippen LogP contribution in [-0.2, 0) is 11.2 Å². The van der Waals surface area contributed by atoms with Crippen LogP contribution in [0.2, 0.25) is 5.02 Å². The number of aromatic nitrogens is 1. The normalized spacial score (nSPS) is 12.4. The Morgan fingerprint density at radius 3 is 2.72 bits per heavy atom. The summed E-state index contributed by atoms with van der Waals surface area (Å²) in [5.41, 5.74) is 2.58. The number of rotatable bonds is 3. The highest BCUT2D eigenvalue weighted by Gasteiger charge is 2.13. The molecule has 18 heavy (non-hydrogen) atoms. The Bertz CT molecular complexity index is 559. The van der Waals surface area contributed by atoms with Gasteiger partial charge < -0.3 is 4.55 Å². The number of halogens is 1. The maximum atomic E-state index is 11.8. The van der Waals surface area contributed by atoms with E-state index in [2.05, 4.69) is 4.98 Å². The lowest BCUT2D eigenvalue weighted by molar-refractivity contribution is 0.596. The number of pyridine rings is 1. The molecule has 4 heteroatoms. The van der Waals surface area contributed by atoms with Crippen LogP contribution in [0.5, 0.6) is 0 Å². The van der Waals surface area contributed by atoms with Crippen LogP contribution in [0.4, 0.5) is 0 Å². The van der Waals surface area contributed by atoms with E-state index in [0.29, 0.717) is 10.8 Å². The Balaban J connectivity index is 2.49. The molecule has 0 N–H and O–H groups in total. The topological polar surface area (TPSA) is 36.0 Å². The molecular formula is C14H14ClNOS. The molecule has 0 aliphatic heterocycles. The average Bonchev–Trinajstić information content (AvgIpc) is 2.38. The zero-order chi connectivity index (χ0) is 13.1. The largest absolute Gasteiger partial charge is 0.611 e. The number of aryl methyl sites for hydroxylation is 1. The van der Waals surface area contributed by atoms with E-state index in [1.807, 2.05) is 38.1 Å². The molecule has 0 radical (unpaired) electrons. The molecule has 2 rings (SSSR count). The van der Waals surface area contributed by atoms with Gasteiger partial charge in [0.25, 0.3) is 0 Å². The van der Waals surface area contributed by atoms with Gasteiger partial charge in [-0.2, -0.15) is 0 Å². The molecule has 0 amide bonds. The predicted molar refractivity (Wildman–Crippen MR) is 76.4 cm³/mol. The summed E-state index contributed by atoms with van der Waals surface area (Å²) in [5.74, 6) is 0.600. The first kappa shape index (κ1) is 13.4. The second kappa shape index (κ2) is 5.74. The van der Waals surface area contributed by atoms with Gasteiger partial charge in [0.1, 0.15) is 5.75 Å². The van der Waals surface area contributed by atoms with E-state index in [9.17, 15) is 4.55 Å².